The third kappa shape index (κ3) is 7.57. The Kier molecular flexibility index (Phi) is 11.3. The van der Waals surface area contributed by atoms with Crippen LogP contribution in [0, 0.1) is 0 Å². The van der Waals surface area contributed by atoms with E-state index in [1.807, 2.05) is 0 Å². The van der Waals surface area contributed by atoms with Crippen LogP contribution in [-0.4, -0.2) is 110 Å². The Hall–Kier alpha value is -5.98. The lowest BCUT2D eigenvalue weighted by Crippen LogP contribution is -2.85. The predicted molar refractivity (Wildman–Crippen MR) is 187 cm³/mol. The molecule has 54 heavy (non-hydrogen) atoms. The molecule has 0 aliphatic carbocycles. The molecule has 19 heteroatoms. The second-order valence-corrected chi connectivity index (χ2v) is 14.7. The van der Waals surface area contributed by atoms with Gasteiger partial charge in [0.2, 0.25) is 18.0 Å². The van der Waals surface area contributed by atoms with E-state index in [0.717, 1.165) is 31.7 Å². The van der Waals surface area contributed by atoms with Crippen molar-refractivity contribution in [3.8, 4) is 11.5 Å². The van der Waals surface area contributed by atoms with E-state index in [2.05, 4.69) is 16.0 Å². The molecule has 3 N–H and O–H groups in total. The fraction of sp³-hybridized carbons (Fsp3) is 0.400. The number of benzene rings is 2. The van der Waals surface area contributed by atoms with E-state index in [0.29, 0.717) is 10.5 Å². The smallest absolute Gasteiger partial charge is 0.330 e. The summed E-state index contributed by atoms with van der Waals surface area (Å²) in [7, 11) is 0. The van der Waals surface area contributed by atoms with Gasteiger partial charge in [0.25, 0.3) is 5.91 Å². The van der Waals surface area contributed by atoms with Gasteiger partial charge >= 0.3 is 35.8 Å². The zero-order valence-corrected chi connectivity index (χ0v) is 30.7. The Morgan fingerprint density at radius 1 is 0.944 bits per heavy atom. The molecule has 1 unspecified atom stereocenters. The number of hydrogen-bond donors (Lipinski definition) is 3. The number of piperazine rings is 1. The van der Waals surface area contributed by atoms with E-state index in [9.17, 15) is 43.2 Å². The molecular weight excluding hydrogens is 728 g/mol. The number of fused-ring (bicyclic) bond motifs is 1. The van der Waals surface area contributed by atoms with Gasteiger partial charge < -0.3 is 40.0 Å². The maximum absolute atomic E-state index is 14.3. The minimum Gasteiger partial charge on any atom is -0.459 e. The molecule has 2 aromatic carbocycles. The van der Waals surface area contributed by atoms with Crippen LogP contribution in [-0.2, 0) is 49.7 Å². The highest BCUT2D eigenvalue weighted by Crippen LogP contribution is 2.54. The van der Waals surface area contributed by atoms with Gasteiger partial charge in [0.1, 0.15) is 24.1 Å². The number of likely N-dealkylation sites (N-methyl/N-ethyl adjacent to an activating group) is 1. The van der Waals surface area contributed by atoms with Crippen LogP contribution in [0.3, 0.4) is 0 Å². The first kappa shape index (κ1) is 39.2. The summed E-state index contributed by atoms with van der Waals surface area (Å²) < 4.78 is 14.9. The lowest BCUT2D eigenvalue weighted by Gasteiger charge is -2.52. The second-order valence-electron chi connectivity index (χ2n) is 13.0. The summed E-state index contributed by atoms with van der Waals surface area (Å²) in [4.78, 5) is 120. The second kappa shape index (κ2) is 15.6. The molecule has 0 bridgehead atoms. The number of β-lactam (4-membered cyclic amide) rings is 1. The Morgan fingerprint density at radius 3 is 2.24 bits per heavy atom. The van der Waals surface area contributed by atoms with Gasteiger partial charge in [-0.3, -0.25) is 38.5 Å². The minimum atomic E-state index is -2.13. The first-order valence-electron chi connectivity index (χ1n) is 16.7. The Morgan fingerprint density at radius 2 is 1.61 bits per heavy atom. The lowest BCUT2D eigenvalue weighted by molar-refractivity contribution is -0.174. The number of carbonyl (C=O) groups excluding carboxylic acids is 9. The molecule has 3 fully saturated rings. The number of thioether (sulfide) groups is 1. The van der Waals surface area contributed by atoms with Crippen molar-refractivity contribution in [2.75, 3.05) is 19.6 Å². The van der Waals surface area contributed by atoms with Crippen LogP contribution < -0.4 is 25.4 Å². The van der Waals surface area contributed by atoms with Crippen LogP contribution in [0.2, 0.25) is 0 Å². The number of hydrogen-bond acceptors (Lipinski definition) is 13. The third-order valence-electron chi connectivity index (χ3n) is 8.88. The summed E-state index contributed by atoms with van der Waals surface area (Å²) in [5.74, 6) is -6.86. The van der Waals surface area contributed by atoms with Crippen LogP contribution >= 0.6 is 11.8 Å². The fourth-order valence-electron chi connectivity index (χ4n) is 6.34. The lowest BCUT2D eigenvalue weighted by atomic mass is 9.90. The molecule has 0 saturated carbocycles. The maximum Gasteiger partial charge on any atom is 0.330 e. The molecule has 0 spiro atoms. The zero-order valence-electron chi connectivity index (χ0n) is 29.9. The third-order valence-corrected chi connectivity index (χ3v) is 10.5. The number of urea groups is 1. The predicted octanol–water partition coefficient (Wildman–Crippen LogP) is 0.343. The number of rotatable bonds is 12. The van der Waals surface area contributed by atoms with Crippen LogP contribution in [0.5, 0.6) is 11.5 Å². The van der Waals surface area contributed by atoms with Gasteiger partial charge in [-0.2, -0.15) is 0 Å². The van der Waals surface area contributed by atoms with Gasteiger partial charge in [-0.15, -0.1) is 11.8 Å². The van der Waals surface area contributed by atoms with E-state index >= 15 is 0 Å². The van der Waals surface area contributed by atoms with Crippen LogP contribution in [0.4, 0.5) is 4.79 Å². The number of amides is 7. The summed E-state index contributed by atoms with van der Waals surface area (Å²) in [6, 6.07) is 8.38. The van der Waals surface area contributed by atoms with Gasteiger partial charge in [-0.25, -0.2) is 9.59 Å². The molecule has 5 rings (SSSR count). The van der Waals surface area contributed by atoms with E-state index in [1.165, 1.54) is 21.9 Å². The fourth-order valence-corrected chi connectivity index (χ4v) is 7.99. The highest BCUT2D eigenvalue weighted by atomic mass is 32.2. The molecule has 2 aromatic rings. The molecule has 3 heterocycles. The molecule has 18 nitrogen and oxygen atoms in total. The Balaban J connectivity index is 1.47. The number of imide groups is 1. The van der Waals surface area contributed by atoms with Crippen molar-refractivity contribution in [1.82, 2.24) is 30.7 Å². The zero-order chi connectivity index (χ0) is 39.5. The number of nitrogens with zero attached hydrogens (tertiary/aromatic N) is 3. The highest BCUT2D eigenvalue weighted by Gasteiger charge is 2.73. The van der Waals surface area contributed by atoms with E-state index < -0.39 is 75.4 Å². The van der Waals surface area contributed by atoms with E-state index in [-0.39, 0.29) is 49.7 Å². The topological polar surface area (TPSA) is 227 Å². The quantitative estimate of drug-likeness (QED) is 0.0663. The van der Waals surface area contributed by atoms with Crippen molar-refractivity contribution in [2.45, 2.75) is 69.1 Å². The summed E-state index contributed by atoms with van der Waals surface area (Å²) in [6.45, 7) is 7.21. The molecule has 0 aromatic heterocycles. The number of nitrogens with one attached hydrogen (secondary N) is 3. The molecule has 3 aliphatic heterocycles. The van der Waals surface area contributed by atoms with E-state index in [4.69, 9.17) is 14.2 Å². The maximum atomic E-state index is 14.3. The Bertz CT molecular complexity index is 1910. The molecule has 3 saturated heterocycles. The normalized spacial score (nSPS) is 21.9. The van der Waals surface area contributed by atoms with Crippen molar-refractivity contribution < 1.29 is 57.4 Å². The average molecular weight is 767 g/mol. The van der Waals surface area contributed by atoms with E-state index in [1.54, 1.807) is 51.1 Å². The highest BCUT2D eigenvalue weighted by molar-refractivity contribution is 8.01. The monoisotopic (exact) mass is 766 g/mol. The standard InChI is InChI=1S/C35H38N6O12S/c1-6-39-14-15-40(29(47)28(39)46)33(50)37-25(22-12-13-23(52-19(2)43)24(16-22)53-20(3)44)27(45)38-35(36-18-42)31(49)41-26(34(4,5)54-32(35)41)30(48)51-17-21-10-8-7-9-11-21/h7-13,16,18,25-26,32H,6,14-15,17H2,1-5H3,(H,36,42)(H,37,50)(H,38,45)/t25?,26-,32+,35+/m0/s1. The molecule has 0 radical (unpaired) electrons. The number of esters is 3. The largest absolute Gasteiger partial charge is 0.459 e. The van der Waals surface area contributed by atoms with Crippen molar-refractivity contribution >= 4 is 65.7 Å². The van der Waals surface area contributed by atoms with Gasteiger partial charge in [-0.1, -0.05) is 36.4 Å². The van der Waals surface area contributed by atoms with Crippen LogP contribution in [0.15, 0.2) is 48.5 Å². The summed E-state index contributed by atoms with van der Waals surface area (Å²) in [6.07, 6.45) is 0.196. The molecule has 3 aliphatic rings. The van der Waals surface area contributed by atoms with Crippen molar-refractivity contribution in [1.29, 1.82) is 0 Å². The van der Waals surface area contributed by atoms with Gasteiger partial charge in [-0.05, 0) is 44.0 Å². The molecular formula is C35H38N6O12S. The summed E-state index contributed by atoms with van der Waals surface area (Å²) >= 11 is 1.11. The average Bonchev–Trinajstić information content (AvgIpc) is 3.39. The van der Waals surface area contributed by atoms with Crippen molar-refractivity contribution in [3.63, 3.8) is 0 Å². The number of carbonyl (C=O) groups is 9. The van der Waals surface area contributed by atoms with Crippen LogP contribution in [0.1, 0.15) is 51.8 Å². The summed E-state index contributed by atoms with van der Waals surface area (Å²) in [5, 5.41) is 6.28. The SMILES string of the molecule is CCN1CCN(C(=O)NC(C(=O)N[C@]2(NC=O)C(=O)N3[C@@H](C(=O)OCc4ccccc4)C(C)(C)S[C@@H]32)c2ccc(OC(C)=O)c(OC(C)=O)c2)C(=O)C1=O. The van der Waals surface area contributed by atoms with Gasteiger partial charge in [0.05, 0.1) is 0 Å². The Labute approximate surface area is 313 Å². The van der Waals surface area contributed by atoms with Gasteiger partial charge in [0.15, 0.2) is 11.5 Å². The first-order valence-corrected chi connectivity index (χ1v) is 17.6. The van der Waals surface area contributed by atoms with Crippen LogP contribution in [0.25, 0.3) is 0 Å². The number of ether oxygens (including phenoxy) is 3. The minimum absolute atomic E-state index is 0.0272. The van der Waals surface area contributed by atoms with Crippen molar-refractivity contribution in [2.24, 2.45) is 0 Å². The van der Waals surface area contributed by atoms with Gasteiger partial charge in [0, 0.05) is 38.2 Å². The first-order chi connectivity index (χ1) is 25.5. The molecule has 286 valence electrons. The molecule has 7 amide bonds. The summed E-state index contributed by atoms with van der Waals surface area (Å²) in [5.41, 5.74) is -1.51. The molecule has 4 atom stereocenters. The van der Waals surface area contributed by atoms with Crippen molar-refractivity contribution in [3.05, 3.63) is 59.7 Å².